The minimum absolute atomic E-state index is 0.0358. The Morgan fingerprint density at radius 1 is 1.32 bits per heavy atom. The number of H-pyrrole nitrogens is 1. The molecule has 144 valence electrons. The van der Waals surface area contributed by atoms with Crippen LogP contribution in [0.1, 0.15) is 36.2 Å². The van der Waals surface area contributed by atoms with Crippen molar-refractivity contribution < 1.29 is 5.11 Å². The van der Waals surface area contributed by atoms with E-state index in [1.54, 1.807) is 0 Å². The number of aromatic nitrogens is 3. The minimum Gasteiger partial charge on any atom is -0.499 e. The van der Waals surface area contributed by atoms with Crippen LogP contribution in [0.4, 0.5) is 11.4 Å². The van der Waals surface area contributed by atoms with Crippen LogP contribution in [0.3, 0.4) is 0 Å². The molecule has 0 amide bonds. The fourth-order valence-corrected chi connectivity index (χ4v) is 4.09. The highest BCUT2D eigenvalue weighted by atomic mass is 32.1. The van der Waals surface area contributed by atoms with E-state index in [1.807, 2.05) is 49.0 Å². The molecular formula is C19H19N5O3S. The average Bonchev–Trinajstić information content (AvgIpc) is 2.91. The SMILES string of the molecule is CCn1ncc(C2CC(c3c(O)sc(=O)[nH]c3=O)=Nc3ccccc3N2)c1C. The zero-order valence-electron chi connectivity index (χ0n) is 15.4. The highest BCUT2D eigenvalue weighted by Crippen LogP contribution is 2.36. The molecule has 3 heterocycles. The van der Waals surface area contributed by atoms with Crippen molar-refractivity contribution in [2.75, 3.05) is 5.32 Å². The molecule has 0 radical (unpaired) electrons. The summed E-state index contributed by atoms with van der Waals surface area (Å²) < 4.78 is 1.91. The van der Waals surface area contributed by atoms with Gasteiger partial charge in [0.05, 0.1) is 29.3 Å². The Bertz CT molecular complexity index is 1190. The lowest BCUT2D eigenvalue weighted by molar-refractivity contribution is 0.487. The number of anilines is 1. The first kappa shape index (κ1) is 18.2. The summed E-state index contributed by atoms with van der Waals surface area (Å²) in [7, 11) is 0. The number of aliphatic imine (C=N–C) groups is 1. The van der Waals surface area contributed by atoms with Gasteiger partial charge in [0.15, 0.2) is 5.06 Å². The van der Waals surface area contributed by atoms with Gasteiger partial charge in [0, 0.05) is 24.2 Å². The summed E-state index contributed by atoms with van der Waals surface area (Å²) in [6, 6.07) is 7.32. The Balaban J connectivity index is 1.89. The molecule has 0 saturated heterocycles. The number of hydrogen-bond acceptors (Lipinski definition) is 7. The van der Waals surface area contributed by atoms with Gasteiger partial charge in [-0.05, 0) is 37.3 Å². The molecule has 3 N–H and O–H groups in total. The zero-order valence-corrected chi connectivity index (χ0v) is 16.2. The van der Waals surface area contributed by atoms with E-state index in [9.17, 15) is 14.7 Å². The number of hydrogen-bond donors (Lipinski definition) is 3. The molecule has 2 aromatic heterocycles. The fraction of sp³-hybridized carbons (Fsp3) is 0.263. The molecule has 1 aliphatic rings. The van der Waals surface area contributed by atoms with Crippen LogP contribution in [-0.4, -0.2) is 25.6 Å². The summed E-state index contributed by atoms with van der Waals surface area (Å²) in [5.74, 6) is 0. The number of nitrogens with one attached hydrogen (secondary N) is 2. The standard InChI is InChI=1S/C19H19N5O3S/c1-3-24-10(2)11(9-20-24)14-8-15(16-17(25)23-19(27)28-18(16)26)22-13-7-5-4-6-12(13)21-14/h4-7,9,14,21,26H,3,8H2,1-2H3,(H,23,25,27). The van der Waals surface area contributed by atoms with Gasteiger partial charge in [0.2, 0.25) is 0 Å². The number of aryl methyl sites for hydroxylation is 1. The van der Waals surface area contributed by atoms with Gasteiger partial charge in [-0.2, -0.15) is 5.10 Å². The maximum atomic E-state index is 12.4. The van der Waals surface area contributed by atoms with Gasteiger partial charge in [-0.1, -0.05) is 12.1 Å². The number of benzene rings is 1. The van der Waals surface area contributed by atoms with Gasteiger partial charge in [0.1, 0.15) is 5.56 Å². The lowest BCUT2D eigenvalue weighted by Gasteiger charge is -2.19. The third-order valence-electron chi connectivity index (χ3n) is 4.84. The highest BCUT2D eigenvalue weighted by Gasteiger charge is 2.27. The lowest BCUT2D eigenvalue weighted by Crippen LogP contribution is -2.25. The van der Waals surface area contributed by atoms with Crippen molar-refractivity contribution in [3.05, 3.63) is 67.3 Å². The van der Waals surface area contributed by atoms with E-state index in [-0.39, 0.29) is 16.7 Å². The maximum absolute atomic E-state index is 12.4. The Labute approximate surface area is 164 Å². The van der Waals surface area contributed by atoms with Crippen LogP contribution in [0.5, 0.6) is 5.06 Å². The van der Waals surface area contributed by atoms with E-state index in [1.165, 1.54) is 0 Å². The number of rotatable bonds is 3. The van der Waals surface area contributed by atoms with Crippen LogP contribution < -0.4 is 15.7 Å². The average molecular weight is 397 g/mol. The normalized spacial score (nSPS) is 16.1. The number of para-hydroxylation sites is 2. The Morgan fingerprint density at radius 3 is 2.82 bits per heavy atom. The lowest BCUT2D eigenvalue weighted by atomic mass is 9.99. The summed E-state index contributed by atoms with van der Waals surface area (Å²) in [4.78, 5) is 30.2. The van der Waals surface area contributed by atoms with Crippen molar-refractivity contribution in [2.24, 2.45) is 4.99 Å². The molecule has 9 heteroatoms. The van der Waals surface area contributed by atoms with E-state index in [0.29, 0.717) is 29.2 Å². The van der Waals surface area contributed by atoms with Crippen LogP contribution in [0.15, 0.2) is 45.0 Å². The summed E-state index contributed by atoms with van der Waals surface area (Å²) in [5.41, 5.74) is 3.32. The topological polar surface area (TPSA) is 112 Å². The van der Waals surface area contributed by atoms with E-state index < -0.39 is 10.4 Å². The van der Waals surface area contributed by atoms with Crippen LogP contribution in [-0.2, 0) is 6.54 Å². The third kappa shape index (κ3) is 3.13. The van der Waals surface area contributed by atoms with Crippen LogP contribution in [0.25, 0.3) is 0 Å². The molecule has 0 aliphatic carbocycles. The number of nitrogens with zero attached hydrogens (tertiary/aromatic N) is 3. The number of aromatic hydroxyl groups is 1. The van der Waals surface area contributed by atoms with Crippen LogP contribution in [0.2, 0.25) is 0 Å². The van der Waals surface area contributed by atoms with Gasteiger partial charge >= 0.3 is 4.87 Å². The van der Waals surface area contributed by atoms with Gasteiger partial charge in [0.25, 0.3) is 5.56 Å². The largest absolute Gasteiger partial charge is 0.499 e. The van der Waals surface area contributed by atoms with Gasteiger partial charge in [-0.25, -0.2) is 0 Å². The molecule has 1 atom stereocenters. The fourth-order valence-electron chi connectivity index (χ4n) is 3.46. The van der Waals surface area contributed by atoms with Crippen LogP contribution >= 0.6 is 11.3 Å². The molecule has 1 aliphatic heterocycles. The van der Waals surface area contributed by atoms with Gasteiger partial charge in [-0.15, -0.1) is 0 Å². The number of fused-ring (bicyclic) bond motifs is 1. The molecule has 4 rings (SSSR count). The number of aromatic amines is 1. The van der Waals surface area contributed by atoms with Crippen LogP contribution in [0, 0.1) is 6.92 Å². The molecule has 1 aromatic carbocycles. The quantitative estimate of drug-likeness (QED) is 0.629. The predicted octanol–water partition coefficient (Wildman–Crippen LogP) is 2.70. The summed E-state index contributed by atoms with van der Waals surface area (Å²) in [6.45, 7) is 4.78. The molecule has 3 aromatic rings. The van der Waals surface area contributed by atoms with Crippen molar-refractivity contribution in [2.45, 2.75) is 32.9 Å². The summed E-state index contributed by atoms with van der Waals surface area (Å²) in [6.07, 6.45) is 2.17. The molecule has 1 unspecified atom stereocenters. The van der Waals surface area contributed by atoms with Gasteiger partial charge < -0.3 is 10.4 Å². The third-order valence-corrected chi connectivity index (χ3v) is 5.52. The summed E-state index contributed by atoms with van der Waals surface area (Å²) >= 11 is 0.589. The highest BCUT2D eigenvalue weighted by molar-refractivity contribution is 7.11. The molecule has 28 heavy (non-hydrogen) atoms. The molecule has 8 nitrogen and oxygen atoms in total. The minimum atomic E-state index is -0.640. The van der Waals surface area contributed by atoms with E-state index in [2.05, 4.69) is 20.4 Å². The monoisotopic (exact) mass is 397 g/mol. The smallest absolute Gasteiger partial charge is 0.310 e. The second-order valence-corrected chi connectivity index (χ2v) is 7.46. The Hall–Kier alpha value is -3.20. The van der Waals surface area contributed by atoms with Crippen molar-refractivity contribution in [1.29, 1.82) is 0 Å². The summed E-state index contributed by atoms with van der Waals surface area (Å²) in [5, 5.41) is 17.9. The van der Waals surface area contributed by atoms with Crippen molar-refractivity contribution in [1.82, 2.24) is 14.8 Å². The van der Waals surface area contributed by atoms with E-state index >= 15 is 0 Å². The van der Waals surface area contributed by atoms with Crippen molar-refractivity contribution >= 4 is 28.4 Å². The molecule has 0 spiro atoms. The first-order chi connectivity index (χ1) is 13.5. The predicted molar refractivity (Wildman–Crippen MR) is 109 cm³/mol. The first-order valence-electron chi connectivity index (χ1n) is 8.90. The van der Waals surface area contributed by atoms with E-state index in [0.717, 1.165) is 23.5 Å². The molecule has 0 bridgehead atoms. The van der Waals surface area contributed by atoms with Crippen molar-refractivity contribution in [3.8, 4) is 5.06 Å². The van der Waals surface area contributed by atoms with Crippen molar-refractivity contribution in [3.63, 3.8) is 0 Å². The zero-order chi connectivity index (χ0) is 19.8. The second kappa shape index (κ2) is 7.08. The molecule has 0 fully saturated rings. The molecule has 0 saturated carbocycles. The molecular weight excluding hydrogens is 378 g/mol. The second-order valence-electron chi connectivity index (χ2n) is 6.50. The first-order valence-corrected chi connectivity index (χ1v) is 9.71. The maximum Gasteiger partial charge on any atom is 0.310 e. The Morgan fingerprint density at radius 2 is 2.11 bits per heavy atom. The van der Waals surface area contributed by atoms with Gasteiger partial charge in [-0.3, -0.25) is 24.2 Å². The van der Waals surface area contributed by atoms with E-state index in [4.69, 9.17) is 0 Å². The Kier molecular flexibility index (Phi) is 4.60.